The van der Waals surface area contributed by atoms with Gasteiger partial charge in [0.25, 0.3) is 0 Å². The lowest BCUT2D eigenvalue weighted by molar-refractivity contribution is -0.815. The predicted octanol–water partition coefficient (Wildman–Crippen LogP) is -0.705. The van der Waals surface area contributed by atoms with Crippen molar-refractivity contribution in [1.29, 1.82) is 0 Å². The smallest absolute Gasteiger partial charge is 0.484 e. The van der Waals surface area contributed by atoms with E-state index in [4.69, 9.17) is 10.2 Å². The Morgan fingerprint density at radius 2 is 1.65 bits per heavy atom. The van der Waals surface area contributed by atoms with Crippen LogP contribution in [-0.2, 0) is 10.0 Å². The average Bonchev–Trinajstić information content (AvgIpc) is 2.41. The molecule has 0 radical (unpaired) electrons. The summed E-state index contributed by atoms with van der Waals surface area (Å²) in [6.07, 6.45) is 0. The van der Waals surface area contributed by atoms with E-state index in [1.54, 1.807) is 0 Å². The van der Waals surface area contributed by atoms with Crippen LogP contribution in [0.2, 0.25) is 0 Å². The molecule has 11 heteroatoms. The third-order valence-electron chi connectivity index (χ3n) is 2.43. The van der Waals surface area contributed by atoms with E-state index in [1.807, 2.05) is 0 Å². The molecule has 0 bridgehead atoms. The molecule has 0 aliphatic heterocycles. The van der Waals surface area contributed by atoms with Gasteiger partial charge in [0, 0.05) is 4.86 Å². The third kappa shape index (κ3) is 2.89. The lowest BCUT2D eigenvalue weighted by atomic mass is 10.2. The number of sulfonamides is 1. The molecule has 2 N–H and O–H groups in total. The number of hydroxylamine groups is 1. The monoisotopic (exact) mass is 305 g/mol. The zero-order valence-corrected chi connectivity index (χ0v) is 10.8. The van der Waals surface area contributed by atoms with Gasteiger partial charge in [0.15, 0.2) is 13.2 Å². The minimum absolute atomic E-state index is 0.353. The number of aliphatic hydroxyl groups excluding tert-OH is 2. The maximum Gasteiger partial charge on any atom is 0.484 e. The van der Waals surface area contributed by atoms with Crippen molar-refractivity contribution in [1.82, 2.24) is 0 Å². The third-order valence-corrected chi connectivity index (χ3v) is 3.66. The standard InChI is InChI=1S/C9H11N3O7S/c13-6-9(7-14,12(16)17)11(15)10-20(18,19)8-4-2-1-3-5-8/h1-5,13-14H,6-7H2. The number of benzene rings is 1. The molecule has 20 heavy (non-hydrogen) atoms. The highest BCUT2D eigenvalue weighted by Gasteiger charge is 2.54. The quantitative estimate of drug-likeness (QED) is 0.231. The van der Waals surface area contributed by atoms with E-state index in [0.29, 0.717) is 0 Å². The van der Waals surface area contributed by atoms with E-state index in [9.17, 15) is 23.7 Å². The van der Waals surface area contributed by atoms with Crippen molar-refractivity contribution in [2.45, 2.75) is 10.6 Å². The molecule has 0 aliphatic rings. The summed E-state index contributed by atoms with van der Waals surface area (Å²) in [7, 11) is -4.48. The van der Waals surface area contributed by atoms with Crippen molar-refractivity contribution in [2.75, 3.05) is 13.2 Å². The number of hydrogen-bond donors (Lipinski definition) is 2. The van der Waals surface area contributed by atoms with Crippen molar-refractivity contribution in [3.05, 3.63) is 45.7 Å². The molecule has 1 aromatic rings. The number of rotatable bonds is 6. The lowest BCUT2D eigenvalue weighted by Gasteiger charge is -2.16. The van der Waals surface area contributed by atoms with Crippen LogP contribution < -0.4 is 0 Å². The molecule has 0 heterocycles. The van der Waals surface area contributed by atoms with Crippen LogP contribution in [0.15, 0.2) is 39.7 Å². The van der Waals surface area contributed by atoms with Gasteiger partial charge in [0.1, 0.15) is 9.44 Å². The minimum Gasteiger partial charge on any atom is -0.593 e. The van der Waals surface area contributed by atoms with Crippen LogP contribution in [0.5, 0.6) is 0 Å². The van der Waals surface area contributed by atoms with Crippen molar-refractivity contribution >= 4 is 10.0 Å². The fourth-order valence-electron chi connectivity index (χ4n) is 1.17. The molecule has 1 aromatic carbocycles. The topological polar surface area (TPSA) is 156 Å². The first kappa shape index (κ1) is 15.9. The molecule has 0 amide bonds. The Labute approximate surface area is 113 Å². The van der Waals surface area contributed by atoms with Gasteiger partial charge in [-0.2, -0.15) is 8.42 Å². The van der Waals surface area contributed by atoms with Crippen LogP contribution in [0, 0.1) is 15.3 Å². The van der Waals surface area contributed by atoms with Crippen molar-refractivity contribution in [3.8, 4) is 0 Å². The summed E-state index contributed by atoms with van der Waals surface area (Å²) in [4.78, 5) is 8.27. The van der Waals surface area contributed by atoms with Crippen LogP contribution in [0.25, 0.3) is 0 Å². The van der Waals surface area contributed by atoms with Gasteiger partial charge in [0.05, 0.1) is 4.90 Å². The summed E-state index contributed by atoms with van der Waals surface area (Å²) in [5.41, 5.74) is -2.96. The summed E-state index contributed by atoms with van der Waals surface area (Å²) in [6.45, 7) is -2.82. The van der Waals surface area contributed by atoms with Gasteiger partial charge in [-0.05, 0) is 12.1 Å². The van der Waals surface area contributed by atoms with Crippen LogP contribution >= 0.6 is 0 Å². The highest BCUT2D eigenvalue weighted by atomic mass is 32.2. The highest BCUT2D eigenvalue weighted by Crippen LogP contribution is 2.16. The molecule has 0 fully saturated rings. The van der Waals surface area contributed by atoms with Crippen LogP contribution in [0.4, 0.5) is 0 Å². The van der Waals surface area contributed by atoms with Crippen molar-refractivity contribution in [3.63, 3.8) is 0 Å². The first-order valence-corrected chi connectivity index (χ1v) is 6.61. The summed E-state index contributed by atoms with van der Waals surface area (Å²) in [5.74, 6) is 0. The van der Waals surface area contributed by atoms with Crippen LogP contribution in [0.1, 0.15) is 0 Å². The van der Waals surface area contributed by atoms with E-state index >= 15 is 0 Å². The molecule has 10 nitrogen and oxygen atoms in total. The summed E-state index contributed by atoms with van der Waals surface area (Å²) < 4.78 is 26.2. The van der Waals surface area contributed by atoms with Crippen molar-refractivity contribution in [2.24, 2.45) is 4.52 Å². The summed E-state index contributed by atoms with van der Waals surface area (Å²) in [6, 6.07) is 6.54. The predicted molar refractivity (Wildman–Crippen MR) is 63.6 cm³/mol. The number of nitro groups is 1. The Kier molecular flexibility index (Phi) is 4.70. The van der Waals surface area contributed by atoms with E-state index in [1.165, 1.54) is 18.2 Å². The van der Waals surface area contributed by atoms with Gasteiger partial charge >= 0.3 is 15.7 Å². The molecule has 0 saturated carbocycles. The van der Waals surface area contributed by atoms with Gasteiger partial charge in [-0.15, -0.1) is 0 Å². The highest BCUT2D eigenvalue weighted by molar-refractivity contribution is 7.89. The Bertz CT molecular complexity index is 610. The molecule has 0 unspecified atom stereocenters. The molecule has 0 aromatic heterocycles. The molecular weight excluding hydrogens is 294 g/mol. The maximum absolute atomic E-state index is 11.7. The molecule has 0 spiro atoms. The SMILES string of the molecule is O=[N+]([O-])C(CO)(CO)[N+]([O-])=NS(=O)(=O)c1ccccc1. The minimum atomic E-state index is -4.48. The first-order chi connectivity index (χ1) is 9.30. The Balaban J connectivity index is 3.32. The Morgan fingerprint density at radius 1 is 1.15 bits per heavy atom. The fourth-order valence-corrected chi connectivity index (χ4v) is 2.11. The van der Waals surface area contributed by atoms with E-state index < -0.39 is 38.7 Å². The largest absolute Gasteiger partial charge is 0.593 e. The van der Waals surface area contributed by atoms with Crippen LogP contribution in [-0.4, -0.2) is 47.3 Å². The maximum atomic E-state index is 11.7. The molecule has 0 saturated heterocycles. The molecule has 1 rings (SSSR count). The lowest BCUT2D eigenvalue weighted by Crippen LogP contribution is -2.53. The normalized spacial score (nSPS) is 13.2. The summed E-state index contributed by atoms with van der Waals surface area (Å²) >= 11 is 0. The second kappa shape index (κ2) is 5.90. The van der Waals surface area contributed by atoms with Gasteiger partial charge in [-0.3, -0.25) is 10.1 Å². The second-order valence-electron chi connectivity index (χ2n) is 3.70. The molecule has 110 valence electrons. The number of nitrogens with zero attached hydrogens (tertiary/aromatic N) is 3. The van der Waals surface area contributed by atoms with Gasteiger partial charge < -0.3 is 15.4 Å². The van der Waals surface area contributed by atoms with Crippen LogP contribution in [0.3, 0.4) is 0 Å². The molecule has 0 aliphatic carbocycles. The number of aliphatic hydroxyl groups is 2. The van der Waals surface area contributed by atoms with E-state index in [2.05, 4.69) is 4.52 Å². The Morgan fingerprint density at radius 3 is 2.05 bits per heavy atom. The zero-order chi connectivity index (χ0) is 15.4. The molecular formula is C9H11N3O7S. The molecule has 0 atom stereocenters. The first-order valence-electron chi connectivity index (χ1n) is 5.17. The summed E-state index contributed by atoms with van der Waals surface area (Å²) in [5, 5.41) is 40.1. The van der Waals surface area contributed by atoms with Crippen molar-refractivity contribution < 1.29 is 28.4 Å². The van der Waals surface area contributed by atoms with Gasteiger partial charge in [-0.25, -0.2) is 0 Å². The van der Waals surface area contributed by atoms with Gasteiger partial charge in [-0.1, -0.05) is 18.2 Å². The fraction of sp³-hybridized carbons (Fsp3) is 0.333. The van der Waals surface area contributed by atoms with E-state index in [-0.39, 0.29) is 4.90 Å². The average molecular weight is 305 g/mol. The second-order valence-corrected chi connectivity index (χ2v) is 5.28. The van der Waals surface area contributed by atoms with Gasteiger partial charge in [0.2, 0.25) is 0 Å². The Hall–Kier alpha value is -2.11. The number of hydrogen-bond acceptors (Lipinski definition) is 7. The van der Waals surface area contributed by atoms with E-state index in [0.717, 1.165) is 12.1 Å². The zero-order valence-electron chi connectivity index (χ0n) is 9.99.